The molecule has 0 atom stereocenters. The van der Waals surface area contributed by atoms with Crippen LogP contribution in [0.2, 0.25) is 0 Å². The summed E-state index contributed by atoms with van der Waals surface area (Å²) in [5, 5.41) is 0. The van der Waals surface area contributed by atoms with Gasteiger partial charge in [0.2, 0.25) is 0 Å². The highest BCUT2D eigenvalue weighted by molar-refractivity contribution is 4.95. The van der Waals surface area contributed by atoms with E-state index in [-0.39, 0.29) is 5.54 Å². The fraction of sp³-hybridized carbons (Fsp3) is 1.00. The molecule has 1 rings (SSSR count). The molecule has 21 heavy (non-hydrogen) atoms. The van der Waals surface area contributed by atoms with Crippen molar-refractivity contribution in [1.29, 1.82) is 0 Å². The molecule has 0 saturated heterocycles. The Morgan fingerprint density at radius 2 is 1.86 bits per heavy atom. The van der Waals surface area contributed by atoms with Crippen LogP contribution in [0.3, 0.4) is 0 Å². The molecule has 1 aliphatic carbocycles. The van der Waals surface area contributed by atoms with Crippen molar-refractivity contribution in [3.63, 3.8) is 0 Å². The van der Waals surface area contributed by atoms with E-state index < -0.39 is 0 Å². The van der Waals surface area contributed by atoms with E-state index in [0.717, 1.165) is 51.8 Å². The first-order chi connectivity index (χ1) is 10.2. The number of nitrogens with zero attached hydrogens (tertiary/aromatic N) is 1. The minimum atomic E-state index is 0.221. The maximum atomic E-state index is 6.19. The van der Waals surface area contributed by atoms with Crippen molar-refractivity contribution in [2.45, 2.75) is 57.9 Å². The van der Waals surface area contributed by atoms with Crippen LogP contribution in [0.15, 0.2) is 0 Å². The van der Waals surface area contributed by atoms with E-state index >= 15 is 0 Å². The number of hydrogen-bond acceptors (Lipinski definition) is 4. The number of hydrogen-bond donors (Lipinski definition) is 1. The lowest BCUT2D eigenvalue weighted by Crippen LogP contribution is -2.56. The van der Waals surface area contributed by atoms with Crippen molar-refractivity contribution >= 4 is 0 Å². The van der Waals surface area contributed by atoms with Crippen molar-refractivity contribution in [3.8, 4) is 0 Å². The Morgan fingerprint density at radius 1 is 1.14 bits per heavy atom. The van der Waals surface area contributed by atoms with Gasteiger partial charge in [-0.25, -0.2) is 0 Å². The van der Waals surface area contributed by atoms with Gasteiger partial charge >= 0.3 is 0 Å². The van der Waals surface area contributed by atoms with E-state index in [2.05, 4.69) is 18.7 Å². The van der Waals surface area contributed by atoms with Gasteiger partial charge in [0.1, 0.15) is 0 Å². The van der Waals surface area contributed by atoms with E-state index in [1.54, 1.807) is 7.11 Å². The van der Waals surface area contributed by atoms with Crippen molar-refractivity contribution in [3.05, 3.63) is 0 Å². The van der Waals surface area contributed by atoms with Gasteiger partial charge in [0, 0.05) is 39.0 Å². The Morgan fingerprint density at radius 3 is 2.43 bits per heavy atom. The fourth-order valence-electron chi connectivity index (χ4n) is 3.39. The van der Waals surface area contributed by atoms with Crippen LogP contribution in [-0.2, 0) is 9.47 Å². The van der Waals surface area contributed by atoms with Gasteiger partial charge in [0.15, 0.2) is 0 Å². The van der Waals surface area contributed by atoms with E-state index in [0.29, 0.717) is 0 Å². The Balaban J connectivity index is 2.42. The Hall–Kier alpha value is -0.160. The molecule has 4 heteroatoms. The summed E-state index contributed by atoms with van der Waals surface area (Å²) in [6.07, 6.45) is 7.27. The maximum absolute atomic E-state index is 6.19. The third-order valence-electron chi connectivity index (χ3n) is 4.89. The highest BCUT2D eigenvalue weighted by Gasteiger charge is 2.37. The van der Waals surface area contributed by atoms with E-state index in [1.807, 2.05) is 0 Å². The predicted octanol–water partition coefficient (Wildman–Crippen LogP) is 2.66. The average Bonchev–Trinajstić information content (AvgIpc) is 2.51. The van der Waals surface area contributed by atoms with Gasteiger partial charge in [-0.2, -0.15) is 0 Å². The molecule has 0 radical (unpaired) electrons. The molecule has 0 aromatic carbocycles. The minimum absolute atomic E-state index is 0.221. The van der Waals surface area contributed by atoms with Crippen molar-refractivity contribution in [1.82, 2.24) is 4.90 Å². The standard InChI is InChI=1S/C17H36N2O2/c1-4-10-19(11-14-21-13-5-12-20-3)17(15-18)8-6-16(2)7-9-17/h16H,4-15,18H2,1-3H3. The summed E-state index contributed by atoms with van der Waals surface area (Å²) in [6, 6.07) is 0. The first-order valence-electron chi connectivity index (χ1n) is 8.70. The monoisotopic (exact) mass is 300 g/mol. The van der Waals surface area contributed by atoms with Gasteiger partial charge in [-0.1, -0.05) is 13.8 Å². The summed E-state index contributed by atoms with van der Waals surface area (Å²) < 4.78 is 10.8. The van der Waals surface area contributed by atoms with Gasteiger partial charge in [0.25, 0.3) is 0 Å². The average molecular weight is 300 g/mol. The van der Waals surface area contributed by atoms with Crippen LogP contribution >= 0.6 is 0 Å². The van der Waals surface area contributed by atoms with E-state index in [1.165, 1.54) is 32.1 Å². The number of ether oxygens (including phenoxy) is 2. The minimum Gasteiger partial charge on any atom is -0.385 e. The fourth-order valence-corrected chi connectivity index (χ4v) is 3.39. The molecule has 0 aliphatic heterocycles. The molecule has 0 aromatic rings. The van der Waals surface area contributed by atoms with Crippen LogP contribution in [0.25, 0.3) is 0 Å². The highest BCUT2D eigenvalue weighted by Crippen LogP contribution is 2.35. The molecule has 1 saturated carbocycles. The zero-order valence-electron chi connectivity index (χ0n) is 14.4. The molecule has 0 bridgehead atoms. The summed E-state index contributed by atoms with van der Waals surface area (Å²) >= 11 is 0. The van der Waals surface area contributed by atoms with E-state index in [4.69, 9.17) is 15.2 Å². The number of rotatable bonds is 11. The molecule has 2 N–H and O–H groups in total. The molecule has 1 fully saturated rings. The van der Waals surface area contributed by atoms with E-state index in [9.17, 15) is 0 Å². The first-order valence-corrected chi connectivity index (χ1v) is 8.70. The zero-order chi connectivity index (χ0) is 15.6. The molecule has 0 spiro atoms. The first kappa shape index (κ1) is 18.9. The molecule has 126 valence electrons. The molecule has 0 heterocycles. The van der Waals surface area contributed by atoms with Gasteiger partial charge in [-0.15, -0.1) is 0 Å². The Bertz CT molecular complexity index is 253. The van der Waals surface area contributed by atoms with Crippen LogP contribution in [-0.4, -0.2) is 57.0 Å². The molecule has 4 nitrogen and oxygen atoms in total. The largest absolute Gasteiger partial charge is 0.385 e. The Kier molecular flexibility index (Phi) is 9.49. The maximum Gasteiger partial charge on any atom is 0.0593 e. The van der Waals surface area contributed by atoms with Crippen molar-refractivity contribution in [2.24, 2.45) is 11.7 Å². The summed E-state index contributed by atoms with van der Waals surface area (Å²) in [6.45, 7) is 9.92. The number of methoxy groups -OCH3 is 1. The second kappa shape index (κ2) is 10.5. The van der Waals surface area contributed by atoms with Gasteiger partial charge < -0.3 is 15.2 Å². The molecule has 1 aliphatic rings. The summed E-state index contributed by atoms with van der Waals surface area (Å²) in [7, 11) is 1.73. The highest BCUT2D eigenvalue weighted by atomic mass is 16.5. The van der Waals surface area contributed by atoms with Crippen LogP contribution in [0.4, 0.5) is 0 Å². The van der Waals surface area contributed by atoms with Crippen molar-refractivity contribution in [2.75, 3.05) is 46.6 Å². The second-order valence-electron chi connectivity index (χ2n) is 6.56. The van der Waals surface area contributed by atoms with Crippen LogP contribution in [0.1, 0.15) is 52.4 Å². The topological polar surface area (TPSA) is 47.7 Å². The summed E-state index contributed by atoms with van der Waals surface area (Å²) in [5.41, 5.74) is 6.41. The van der Waals surface area contributed by atoms with Gasteiger partial charge in [-0.05, 0) is 51.0 Å². The normalized spacial score (nSPS) is 26.4. The SMILES string of the molecule is CCCN(CCOCCCOC)C1(CN)CCC(C)CC1. The second-order valence-corrected chi connectivity index (χ2v) is 6.56. The summed E-state index contributed by atoms with van der Waals surface area (Å²) in [4.78, 5) is 2.61. The third kappa shape index (κ3) is 6.23. The molecule has 0 amide bonds. The third-order valence-corrected chi connectivity index (χ3v) is 4.89. The lowest BCUT2D eigenvalue weighted by atomic mass is 9.76. The van der Waals surface area contributed by atoms with Crippen LogP contribution in [0, 0.1) is 5.92 Å². The van der Waals surface area contributed by atoms with Crippen LogP contribution < -0.4 is 5.73 Å². The molecule has 0 unspecified atom stereocenters. The zero-order valence-corrected chi connectivity index (χ0v) is 14.4. The summed E-state index contributed by atoms with van der Waals surface area (Å²) in [5.74, 6) is 0.860. The quantitative estimate of drug-likeness (QED) is 0.596. The smallest absolute Gasteiger partial charge is 0.0593 e. The van der Waals surface area contributed by atoms with Crippen molar-refractivity contribution < 1.29 is 9.47 Å². The molecule has 0 aromatic heterocycles. The molecular weight excluding hydrogens is 264 g/mol. The lowest BCUT2D eigenvalue weighted by Gasteiger charge is -2.47. The van der Waals surface area contributed by atoms with Gasteiger partial charge in [0.05, 0.1) is 6.61 Å². The predicted molar refractivity (Wildman–Crippen MR) is 88.6 cm³/mol. The number of nitrogens with two attached hydrogens (primary N) is 1. The lowest BCUT2D eigenvalue weighted by molar-refractivity contribution is 0.0128. The van der Waals surface area contributed by atoms with Gasteiger partial charge in [-0.3, -0.25) is 4.90 Å². The molecular formula is C17H36N2O2. The van der Waals surface area contributed by atoms with Crippen LogP contribution in [0.5, 0.6) is 0 Å². The Labute approximate surface area is 131 Å².